The summed E-state index contributed by atoms with van der Waals surface area (Å²) in [5, 5.41) is 10.2. The molecule has 0 saturated heterocycles. The van der Waals surface area contributed by atoms with Crippen molar-refractivity contribution >= 4 is 17.7 Å². The average Bonchev–Trinajstić information content (AvgIpc) is 3.36. The van der Waals surface area contributed by atoms with Crippen molar-refractivity contribution in [3.05, 3.63) is 77.1 Å². The number of para-hydroxylation sites is 1. The van der Waals surface area contributed by atoms with Crippen LogP contribution in [0.2, 0.25) is 0 Å². The number of hydrogen-bond donors (Lipinski definition) is 2. The van der Waals surface area contributed by atoms with Crippen LogP contribution in [0.4, 0.5) is 10.5 Å². The molecule has 1 aromatic heterocycles. The summed E-state index contributed by atoms with van der Waals surface area (Å²) in [6, 6.07) is 17.1. The zero-order chi connectivity index (χ0) is 20.2. The molecule has 3 aromatic rings. The first-order valence-corrected chi connectivity index (χ1v) is 9.54. The molecule has 7 heteroatoms. The highest BCUT2D eigenvalue weighted by Gasteiger charge is 2.26. The molecule has 0 radical (unpaired) electrons. The Hall–Kier alpha value is -3.61. The average molecular weight is 390 g/mol. The first kappa shape index (κ1) is 18.7. The first-order valence-electron chi connectivity index (χ1n) is 9.54. The molecule has 4 rings (SSSR count). The molecule has 1 aliphatic rings. The molecule has 2 amide bonds. The molecule has 0 unspecified atom stereocenters. The summed E-state index contributed by atoms with van der Waals surface area (Å²) in [5.41, 5.74) is 5.20. The van der Waals surface area contributed by atoms with Gasteiger partial charge in [0.25, 0.3) is 5.91 Å². The fourth-order valence-electron chi connectivity index (χ4n) is 3.54. The Bertz CT molecular complexity index is 1030. The van der Waals surface area contributed by atoms with Crippen LogP contribution in [0.1, 0.15) is 33.7 Å². The van der Waals surface area contributed by atoms with Crippen LogP contribution in [0.3, 0.4) is 0 Å². The van der Waals surface area contributed by atoms with E-state index in [9.17, 15) is 9.59 Å². The van der Waals surface area contributed by atoms with Gasteiger partial charge in [-0.15, -0.1) is 0 Å². The predicted molar refractivity (Wildman–Crippen MR) is 109 cm³/mol. The minimum absolute atomic E-state index is 0.172. The van der Waals surface area contributed by atoms with E-state index < -0.39 is 6.09 Å². The van der Waals surface area contributed by atoms with E-state index in [4.69, 9.17) is 0 Å². The topological polar surface area (TPSA) is 85.2 Å². The van der Waals surface area contributed by atoms with E-state index in [0.717, 1.165) is 41.8 Å². The SMILES string of the molecule is COC(=O)Nc1ccc(CNC(=O)c2nn(-c3ccccc3)c3c2CCC3)cc1. The Kier molecular flexibility index (Phi) is 5.29. The maximum Gasteiger partial charge on any atom is 0.411 e. The third-order valence-electron chi connectivity index (χ3n) is 4.98. The van der Waals surface area contributed by atoms with Gasteiger partial charge in [-0.25, -0.2) is 9.48 Å². The molecule has 0 aliphatic heterocycles. The van der Waals surface area contributed by atoms with Crippen LogP contribution in [-0.2, 0) is 24.1 Å². The molecule has 2 N–H and O–H groups in total. The number of benzene rings is 2. The van der Waals surface area contributed by atoms with Gasteiger partial charge in [-0.05, 0) is 49.1 Å². The summed E-state index contributed by atoms with van der Waals surface area (Å²) in [5.74, 6) is -0.172. The maximum absolute atomic E-state index is 12.8. The molecule has 29 heavy (non-hydrogen) atoms. The summed E-state index contributed by atoms with van der Waals surface area (Å²) >= 11 is 0. The van der Waals surface area contributed by atoms with Gasteiger partial charge in [-0.2, -0.15) is 5.10 Å². The number of hydrogen-bond acceptors (Lipinski definition) is 4. The second-order valence-electron chi connectivity index (χ2n) is 6.87. The van der Waals surface area contributed by atoms with Gasteiger partial charge in [0.2, 0.25) is 0 Å². The lowest BCUT2D eigenvalue weighted by Gasteiger charge is -2.07. The van der Waals surface area contributed by atoms with Crippen molar-refractivity contribution in [1.29, 1.82) is 0 Å². The molecular weight excluding hydrogens is 368 g/mol. The number of nitrogens with zero attached hydrogens (tertiary/aromatic N) is 2. The largest absolute Gasteiger partial charge is 0.453 e. The molecule has 7 nitrogen and oxygen atoms in total. The van der Waals surface area contributed by atoms with Crippen LogP contribution >= 0.6 is 0 Å². The highest BCUT2D eigenvalue weighted by molar-refractivity contribution is 5.94. The van der Waals surface area contributed by atoms with Crippen molar-refractivity contribution in [2.75, 3.05) is 12.4 Å². The molecule has 148 valence electrons. The second kappa shape index (κ2) is 8.18. The normalized spacial score (nSPS) is 12.3. The summed E-state index contributed by atoms with van der Waals surface area (Å²) in [6.07, 6.45) is 2.32. The van der Waals surface area contributed by atoms with Gasteiger partial charge in [0, 0.05) is 23.5 Å². The van der Waals surface area contributed by atoms with Gasteiger partial charge in [0.15, 0.2) is 5.69 Å². The number of ether oxygens (including phenoxy) is 1. The van der Waals surface area contributed by atoms with Crippen LogP contribution in [0.5, 0.6) is 0 Å². The van der Waals surface area contributed by atoms with Gasteiger partial charge in [0.1, 0.15) is 0 Å². The number of amides is 2. The fourth-order valence-corrected chi connectivity index (χ4v) is 3.54. The van der Waals surface area contributed by atoms with Gasteiger partial charge in [0.05, 0.1) is 12.8 Å². The van der Waals surface area contributed by atoms with Crippen LogP contribution in [0.15, 0.2) is 54.6 Å². The molecular formula is C22H22N4O3. The van der Waals surface area contributed by atoms with E-state index >= 15 is 0 Å². The number of methoxy groups -OCH3 is 1. The van der Waals surface area contributed by atoms with E-state index in [2.05, 4.69) is 20.5 Å². The third-order valence-corrected chi connectivity index (χ3v) is 4.98. The van der Waals surface area contributed by atoms with Crippen molar-refractivity contribution in [2.45, 2.75) is 25.8 Å². The Morgan fingerprint density at radius 1 is 1.07 bits per heavy atom. The summed E-state index contributed by atoms with van der Waals surface area (Å²) in [7, 11) is 1.31. The molecule has 0 atom stereocenters. The monoisotopic (exact) mass is 390 g/mol. The summed E-state index contributed by atoms with van der Waals surface area (Å²) < 4.78 is 6.46. The highest BCUT2D eigenvalue weighted by atomic mass is 16.5. The zero-order valence-electron chi connectivity index (χ0n) is 16.1. The van der Waals surface area contributed by atoms with Crippen molar-refractivity contribution in [1.82, 2.24) is 15.1 Å². The molecule has 0 spiro atoms. The number of anilines is 1. The summed E-state index contributed by atoms with van der Waals surface area (Å²) in [4.78, 5) is 24.0. The van der Waals surface area contributed by atoms with E-state index in [0.29, 0.717) is 17.9 Å². The lowest BCUT2D eigenvalue weighted by molar-refractivity contribution is 0.0944. The number of aromatic nitrogens is 2. The third kappa shape index (κ3) is 3.99. The van der Waals surface area contributed by atoms with Gasteiger partial charge in [-0.3, -0.25) is 10.1 Å². The van der Waals surface area contributed by atoms with Crippen molar-refractivity contribution in [3.63, 3.8) is 0 Å². The standard InChI is InChI=1S/C22H22N4O3/c1-29-22(28)24-16-12-10-15(11-13-16)14-23-21(27)20-18-8-5-9-19(18)26(25-20)17-6-3-2-4-7-17/h2-4,6-7,10-13H,5,8-9,14H2,1H3,(H,23,27)(H,24,28). The zero-order valence-corrected chi connectivity index (χ0v) is 16.1. The molecule has 1 aliphatic carbocycles. The Labute approximate surface area is 168 Å². The summed E-state index contributed by atoms with van der Waals surface area (Å²) in [6.45, 7) is 0.379. The van der Waals surface area contributed by atoms with Gasteiger partial charge >= 0.3 is 6.09 Å². The fraction of sp³-hybridized carbons (Fsp3) is 0.227. The van der Waals surface area contributed by atoms with Crippen molar-refractivity contribution in [2.24, 2.45) is 0 Å². The quantitative estimate of drug-likeness (QED) is 0.699. The van der Waals surface area contributed by atoms with E-state index in [1.54, 1.807) is 12.1 Å². The van der Waals surface area contributed by atoms with Gasteiger partial charge in [-0.1, -0.05) is 30.3 Å². The molecule has 0 saturated carbocycles. The van der Waals surface area contributed by atoms with Gasteiger partial charge < -0.3 is 10.1 Å². The highest BCUT2D eigenvalue weighted by Crippen LogP contribution is 2.27. The minimum Gasteiger partial charge on any atom is -0.453 e. The second-order valence-corrected chi connectivity index (χ2v) is 6.87. The van der Waals surface area contributed by atoms with Crippen LogP contribution in [-0.4, -0.2) is 28.9 Å². The lowest BCUT2D eigenvalue weighted by atomic mass is 10.1. The van der Waals surface area contributed by atoms with Crippen LogP contribution in [0.25, 0.3) is 5.69 Å². The molecule has 2 aromatic carbocycles. The number of fused-ring (bicyclic) bond motifs is 1. The lowest BCUT2D eigenvalue weighted by Crippen LogP contribution is -2.24. The van der Waals surface area contributed by atoms with Crippen molar-refractivity contribution in [3.8, 4) is 5.69 Å². The molecule has 0 bridgehead atoms. The van der Waals surface area contributed by atoms with E-state index in [-0.39, 0.29) is 5.91 Å². The Morgan fingerprint density at radius 2 is 1.83 bits per heavy atom. The smallest absolute Gasteiger partial charge is 0.411 e. The number of nitrogens with one attached hydrogen (secondary N) is 2. The maximum atomic E-state index is 12.8. The van der Waals surface area contributed by atoms with Crippen LogP contribution in [0, 0.1) is 0 Å². The number of rotatable bonds is 5. The number of carbonyl (C=O) groups is 2. The van der Waals surface area contributed by atoms with Crippen molar-refractivity contribution < 1.29 is 14.3 Å². The molecule has 0 fully saturated rings. The predicted octanol–water partition coefficient (Wildman–Crippen LogP) is 3.47. The Balaban J connectivity index is 1.46. The number of carbonyl (C=O) groups excluding carboxylic acids is 2. The molecule has 1 heterocycles. The van der Waals surface area contributed by atoms with E-state index in [1.165, 1.54) is 7.11 Å². The Morgan fingerprint density at radius 3 is 2.55 bits per heavy atom. The first-order chi connectivity index (χ1) is 14.2. The van der Waals surface area contributed by atoms with Crippen LogP contribution < -0.4 is 10.6 Å². The van der Waals surface area contributed by atoms with E-state index in [1.807, 2.05) is 47.1 Å². The minimum atomic E-state index is -0.520.